The number of aromatic nitrogens is 1. The van der Waals surface area contributed by atoms with E-state index in [1.54, 1.807) is 15.9 Å². The number of pyridine rings is 1. The van der Waals surface area contributed by atoms with Crippen LogP contribution in [0.4, 0.5) is 4.79 Å². The van der Waals surface area contributed by atoms with Crippen molar-refractivity contribution in [1.29, 1.82) is 0 Å². The number of benzene rings is 2. The van der Waals surface area contributed by atoms with Crippen molar-refractivity contribution in [1.82, 2.24) is 14.8 Å². The van der Waals surface area contributed by atoms with Crippen molar-refractivity contribution in [2.24, 2.45) is 0 Å². The molecule has 33 heavy (non-hydrogen) atoms. The third kappa shape index (κ3) is 4.67. The first-order chi connectivity index (χ1) is 15.9. The molecule has 172 valence electrons. The van der Waals surface area contributed by atoms with Crippen LogP contribution in [0.3, 0.4) is 0 Å². The van der Waals surface area contributed by atoms with E-state index in [0.29, 0.717) is 42.3 Å². The van der Waals surface area contributed by atoms with Crippen LogP contribution < -0.4 is 0 Å². The maximum absolute atomic E-state index is 13.3. The normalized spacial score (nSPS) is 16.2. The lowest BCUT2D eigenvalue weighted by molar-refractivity contribution is 0.0414. The Bertz CT molecular complexity index is 1180. The molecule has 1 aliphatic heterocycles. The van der Waals surface area contributed by atoms with E-state index in [9.17, 15) is 9.59 Å². The predicted molar refractivity (Wildman–Crippen MR) is 131 cm³/mol. The minimum absolute atomic E-state index is 0.0780. The maximum atomic E-state index is 13.3. The Morgan fingerprint density at radius 1 is 1.15 bits per heavy atom. The van der Waals surface area contributed by atoms with Gasteiger partial charge in [-0.1, -0.05) is 54.9 Å². The molecule has 1 atom stereocenters. The summed E-state index contributed by atoms with van der Waals surface area (Å²) in [5, 5.41) is 1.47. The summed E-state index contributed by atoms with van der Waals surface area (Å²) in [5.41, 5.74) is 3.95. The number of hydrogen-bond acceptors (Lipinski definition) is 4. The summed E-state index contributed by atoms with van der Waals surface area (Å²) in [6.45, 7) is 7.63. The van der Waals surface area contributed by atoms with Crippen LogP contribution in [-0.2, 0) is 4.74 Å². The molecule has 0 saturated carbocycles. The minimum Gasteiger partial charge on any atom is -0.449 e. The topological polar surface area (TPSA) is 62.7 Å². The van der Waals surface area contributed by atoms with Crippen molar-refractivity contribution in [2.75, 3.05) is 26.2 Å². The molecule has 2 amide bonds. The zero-order valence-electron chi connectivity index (χ0n) is 19.2. The van der Waals surface area contributed by atoms with E-state index in [1.165, 1.54) is 0 Å². The fourth-order valence-electron chi connectivity index (χ4n) is 4.20. The fourth-order valence-corrected chi connectivity index (χ4v) is 4.45. The van der Waals surface area contributed by atoms with Gasteiger partial charge in [0.1, 0.15) is 0 Å². The lowest BCUT2D eigenvalue weighted by atomic mass is 10.0. The van der Waals surface area contributed by atoms with Crippen molar-refractivity contribution in [3.8, 4) is 11.3 Å². The van der Waals surface area contributed by atoms with E-state index in [-0.39, 0.29) is 18.0 Å². The van der Waals surface area contributed by atoms with Crippen LogP contribution in [0, 0.1) is 6.92 Å². The number of piperazine rings is 1. The fraction of sp³-hybridized carbons (Fsp3) is 0.346. The Morgan fingerprint density at radius 3 is 2.61 bits per heavy atom. The van der Waals surface area contributed by atoms with E-state index >= 15 is 0 Å². The summed E-state index contributed by atoms with van der Waals surface area (Å²) in [7, 11) is 0. The zero-order chi connectivity index (χ0) is 23.5. The Kier molecular flexibility index (Phi) is 6.84. The molecule has 0 N–H and O–H groups in total. The van der Waals surface area contributed by atoms with Gasteiger partial charge in [-0.2, -0.15) is 0 Å². The second-order valence-electron chi connectivity index (χ2n) is 8.41. The number of amides is 2. The SMILES string of the molecule is CCCOC(=O)N1CCN(C(=O)c2ccc3c(Cl)c(C)c(-c4ccccc4)nc3c2)[C@H](C)C1. The summed E-state index contributed by atoms with van der Waals surface area (Å²) in [4.78, 5) is 33.8. The molecule has 7 heteroatoms. The molecule has 1 saturated heterocycles. The lowest BCUT2D eigenvalue weighted by Crippen LogP contribution is -2.55. The molecule has 0 spiro atoms. The van der Waals surface area contributed by atoms with Crippen LogP contribution in [0.2, 0.25) is 5.02 Å². The molecular formula is C26H28ClN3O3. The van der Waals surface area contributed by atoms with Crippen molar-refractivity contribution in [3.05, 3.63) is 64.7 Å². The second kappa shape index (κ2) is 9.79. The lowest BCUT2D eigenvalue weighted by Gasteiger charge is -2.39. The van der Waals surface area contributed by atoms with Crippen LogP contribution in [0.25, 0.3) is 22.2 Å². The molecule has 6 nitrogen and oxygen atoms in total. The molecule has 1 fully saturated rings. The number of halogens is 1. The number of hydrogen-bond donors (Lipinski definition) is 0. The van der Waals surface area contributed by atoms with Gasteiger partial charge in [-0.05, 0) is 38.0 Å². The predicted octanol–water partition coefficient (Wildman–Crippen LogP) is 5.56. The summed E-state index contributed by atoms with van der Waals surface area (Å²) in [6.07, 6.45) is 0.467. The van der Waals surface area contributed by atoms with E-state index < -0.39 is 0 Å². The third-order valence-corrected chi connectivity index (χ3v) is 6.51. The monoisotopic (exact) mass is 465 g/mol. The highest BCUT2D eigenvalue weighted by atomic mass is 35.5. The van der Waals surface area contributed by atoms with Gasteiger partial charge in [-0.15, -0.1) is 0 Å². The number of nitrogens with zero attached hydrogens (tertiary/aromatic N) is 3. The van der Waals surface area contributed by atoms with Crippen molar-refractivity contribution < 1.29 is 14.3 Å². The van der Waals surface area contributed by atoms with E-state index in [0.717, 1.165) is 28.6 Å². The molecule has 3 aromatic rings. The number of carbonyl (C=O) groups is 2. The van der Waals surface area contributed by atoms with Crippen LogP contribution in [0.15, 0.2) is 48.5 Å². The van der Waals surface area contributed by atoms with Gasteiger partial charge in [-0.3, -0.25) is 4.79 Å². The van der Waals surface area contributed by atoms with Crippen LogP contribution in [0.5, 0.6) is 0 Å². The number of fused-ring (bicyclic) bond motifs is 1. The van der Waals surface area contributed by atoms with Gasteiger partial charge < -0.3 is 14.5 Å². The average molecular weight is 466 g/mol. The Hall–Kier alpha value is -3.12. The van der Waals surface area contributed by atoms with Crippen LogP contribution in [-0.4, -0.2) is 59.1 Å². The Morgan fingerprint density at radius 2 is 1.91 bits per heavy atom. The number of rotatable bonds is 4. The highest BCUT2D eigenvalue weighted by Gasteiger charge is 2.31. The Balaban J connectivity index is 1.59. The molecule has 2 heterocycles. The molecule has 1 aromatic heterocycles. The molecular weight excluding hydrogens is 438 g/mol. The van der Waals surface area contributed by atoms with Gasteiger partial charge in [0.05, 0.1) is 22.8 Å². The van der Waals surface area contributed by atoms with Crippen molar-refractivity contribution in [2.45, 2.75) is 33.2 Å². The molecule has 0 aliphatic carbocycles. The standard InChI is InChI=1S/C26H28ClN3O3/c1-4-14-33-26(32)29-12-13-30(17(2)16-29)25(31)20-10-11-21-22(15-20)28-24(18(3)23(21)27)19-8-6-5-7-9-19/h5-11,15,17H,4,12-14,16H2,1-3H3/t17-/m1/s1. The summed E-state index contributed by atoms with van der Waals surface area (Å²) >= 11 is 6.68. The maximum Gasteiger partial charge on any atom is 0.409 e. The Labute approximate surface area is 199 Å². The molecule has 4 rings (SSSR count). The third-order valence-electron chi connectivity index (χ3n) is 6.02. The molecule has 0 radical (unpaired) electrons. The van der Waals surface area contributed by atoms with Crippen molar-refractivity contribution >= 4 is 34.5 Å². The second-order valence-corrected chi connectivity index (χ2v) is 8.78. The van der Waals surface area contributed by atoms with E-state index in [4.69, 9.17) is 21.3 Å². The van der Waals surface area contributed by atoms with Gasteiger partial charge in [0, 0.05) is 42.2 Å². The quantitative estimate of drug-likeness (QED) is 0.506. The van der Waals surface area contributed by atoms with E-state index in [1.807, 2.05) is 63.2 Å². The molecule has 1 aliphatic rings. The number of ether oxygens (including phenoxy) is 1. The largest absolute Gasteiger partial charge is 0.449 e. The minimum atomic E-state index is -0.316. The summed E-state index contributed by atoms with van der Waals surface area (Å²) < 4.78 is 5.24. The zero-order valence-corrected chi connectivity index (χ0v) is 19.9. The molecule has 0 unspecified atom stereocenters. The first-order valence-electron chi connectivity index (χ1n) is 11.3. The first kappa shape index (κ1) is 23.1. The number of carbonyl (C=O) groups excluding carboxylic acids is 2. The van der Waals surface area contributed by atoms with E-state index in [2.05, 4.69) is 0 Å². The highest BCUT2D eigenvalue weighted by Crippen LogP contribution is 2.33. The summed E-state index contributed by atoms with van der Waals surface area (Å²) in [5.74, 6) is -0.0780. The average Bonchev–Trinajstić information content (AvgIpc) is 2.84. The smallest absolute Gasteiger partial charge is 0.409 e. The van der Waals surface area contributed by atoms with Gasteiger partial charge >= 0.3 is 6.09 Å². The van der Waals surface area contributed by atoms with Gasteiger partial charge in [0.2, 0.25) is 0 Å². The highest BCUT2D eigenvalue weighted by molar-refractivity contribution is 6.36. The first-order valence-corrected chi connectivity index (χ1v) is 11.7. The molecule has 2 aromatic carbocycles. The van der Waals surface area contributed by atoms with Gasteiger partial charge in [0.15, 0.2) is 0 Å². The van der Waals surface area contributed by atoms with Gasteiger partial charge in [-0.25, -0.2) is 9.78 Å². The summed E-state index contributed by atoms with van der Waals surface area (Å²) in [6, 6.07) is 15.2. The van der Waals surface area contributed by atoms with Crippen LogP contribution in [0.1, 0.15) is 36.2 Å². The molecule has 0 bridgehead atoms. The van der Waals surface area contributed by atoms with Crippen LogP contribution >= 0.6 is 11.6 Å². The van der Waals surface area contributed by atoms with Crippen molar-refractivity contribution in [3.63, 3.8) is 0 Å². The van der Waals surface area contributed by atoms with Gasteiger partial charge in [0.25, 0.3) is 5.91 Å².